The number of hydrogen-bond acceptors (Lipinski definition) is 10. The second-order valence-electron chi connectivity index (χ2n) is 21.5. The van der Waals surface area contributed by atoms with Crippen LogP contribution >= 0.6 is 8.17 Å². The molecule has 0 fully saturated rings. The second kappa shape index (κ2) is 40.0. The lowest BCUT2D eigenvalue weighted by Crippen LogP contribution is -2.49. The van der Waals surface area contributed by atoms with E-state index >= 15 is 0 Å². The van der Waals surface area contributed by atoms with Crippen LogP contribution in [0.5, 0.6) is 0 Å². The lowest BCUT2D eigenvalue weighted by Gasteiger charge is -2.34. The maximum absolute atomic E-state index is 14.1. The fraction of sp³-hybridized carbons (Fsp3) is 0.941. The van der Waals surface area contributed by atoms with Gasteiger partial charge in [0.1, 0.15) is 57.8 Å². The minimum atomic E-state index is -4.39. The van der Waals surface area contributed by atoms with Gasteiger partial charge < -0.3 is 49.6 Å². The number of phosphoric acid groups is 1. The van der Waals surface area contributed by atoms with E-state index in [2.05, 4.69) is 36.7 Å². The van der Waals surface area contributed by atoms with Gasteiger partial charge in [0, 0.05) is 58.2 Å². The first-order chi connectivity index (χ1) is 32.2. The van der Waals surface area contributed by atoms with Gasteiger partial charge in [-0.25, -0.2) is 0 Å². The zero-order valence-electron chi connectivity index (χ0n) is 45.2. The monoisotopic (exact) mass is 996 g/mol. The highest BCUT2D eigenvalue weighted by molar-refractivity contribution is 7.53. The topological polar surface area (TPSA) is 199 Å². The number of nitrogens with zero attached hydrogens (tertiary/aromatic N) is 3. The Labute approximate surface area is 416 Å². The van der Waals surface area contributed by atoms with Crippen molar-refractivity contribution in [3.05, 3.63) is 0 Å². The third-order valence-electron chi connectivity index (χ3n) is 12.4. The number of carbonyl (C=O) groups excluding carboxylic acids is 3. The highest BCUT2D eigenvalue weighted by atomic mass is 31.2. The van der Waals surface area contributed by atoms with E-state index in [1.165, 1.54) is 77.0 Å². The number of likely N-dealkylation sites (N-methyl/N-ethyl adjacent to an activating group) is 3. The molecular formula is C51H108N6O10P+3. The summed E-state index contributed by atoms with van der Waals surface area (Å²) in [6.07, 6.45) is 21.0. The molecule has 0 bridgehead atoms. The van der Waals surface area contributed by atoms with Crippen LogP contribution in [0.15, 0.2) is 0 Å². The molecule has 16 nitrogen and oxygen atoms in total. The quantitative estimate of drug-likeness (QED) is 0.0234. The van der Waals surface area contributed by atoms with Crippen molar-refractivity contribution in [2.45, 2.75) is 193 Å². The van der Waals surface area contributed by atoms with Crippen LogP contribution in [0, 0.1) is 0 Å². The van der Waals surface area contributed by atoms with E-state index in [4.69, 9.17) is 13.6 Å². The second-order valence-corrected chi connectivity index (χ2v) is 23.2. The van der Waals surface area contributed by atoms with Crippen LogP contribution in [0.3, 0.4) is 0 Å². The lowest BCUT2D eigenvalue weighted by molar-refractivity contribution is -0.893. The van der Waals surface area contributed by atoms with E-state index < -0.39 is 26.5 Å². The van der Waals surface area contributed by atoms with Crippen LogP contribution in [0.25, 0.3) is 0 Å². The largest absolute Gasteiger partial charge is 0.606 e. The number of aliphatic hydroxyl groups is 3. The number of aliphatic hydroxyl groups excluding tert-OH is 3. The SMILES string of the molecule is CCCCCCCCC(=O)NCCC[N+](C)(C)CC(O)CO[P+]([O-])(OCC(O)C[N+](C)(C)CCCNC(=O)CCCCCCCC)OCC(O)C[N+](C)(C)CCCNC(=O)CCCCCCCC. The zero-order valence-corrected chi connectivity index (χ0v) is 46.1. The van der Waals surface area contributed by atoms with Crippen molar-refractivity contribution in [2.75, 3.05) is 121 Å². The van der Waals surface area contributed by atoms with Crippen LogP contribution in [0.2, 0.25) is 0 Å². The summed E-state index contributed by atoms with van der Waals surface area (Å²) in [6, 6.07) is 0. The van der Waals surface area contributed by atoms with E-state index in [0.29, 0.717) is 72.0 Å². The summed E-state index contributed by atoms with van der Waals surface area (Å²) in [5.41, 5.74) is 0. The summed E-state index contributed by atoms with van der Waals surface area (Å²) in [7, 11) is 7.42. The van der Waals surface area contributed by atoms with Gasteiger partial charge in [-0.05, 0) is 19.3 Å². The predicted octanol–water partition coefficient (Wildman–Crippen LogP) is 6.16. The van der Waals surface area contributed by atoms with Gasteiger partial charge in [-0.15, -0.1) is 0 Å². The average Bonchev–Trinajstić information content (AvgIpc) is 3.26. The van der Waals surface area contributed by atoms with Crippen molar-refractivity contribution in [2.24, 2.45) is 0 Å². The number of hydrogen-bond donors (Lipinski definition) is 6. The molecule has 0 radical (unpaired) electrons. The first kappa shape index (κ1) is 66.4. The van der Waals surface area contributed by atoms with Gasteiger partial charge >= 0.3 is 8.17 Å². The normalized spacial score (nSPS) is 14.6. The summed E-state index contributed by atoms with van der Waals surface area (Å²) in [5.74, 6) is 0.191. The molecule has 3 unspecified atom stereocenters. The van der Waals surface area contributed by atoms with Crippen LogP contribution in [0.1, 0.15) is 175 Å². The number of carbonyl (C=O) groups is 3. The van der Waals surface area contributed by atoms with Crippen LogP contribution in [-0.4, -0.2) is 186 Å². The maximum atomic E-state index is 14.1. The molecular weight excluding hydrogens is 888 g/mol. The fourth-order valence-corrected chi connectivity index (χ4v) is 9.74. The number of quaternary nitrogens is 3. The van der Waals surface area contributed by atoms with E-state index in [0.717, 1.165) is 57.8 Å². The first-order valence-electron chi connectivity index (χ1n) is 27.0. The van der Waals surface area contributed by atoms with Gasteiger partial charge in [-0.1, -0.05) is 117 Å². The number of unbranched alkanes of at least 4 members (excludes halogenated alkanes) is 15. The average molecular weight is 996 g/mol. The summed E-state index contributed by atoms with van der Waals surface area (Å²) >= 11 is 0. The summed E-state index contributed by atoms with van der Waals surface area (Å²) < 4.78 is 18.4. The van der Waals surface area contributed by atoms with Gasteiger partial charge in [0.05, 0.1) is 61.9 Å². The van der Waals surface area contributed by atoms with Crippen molar-refractivity contribution < 1.29 is 61.6 Å². The minimum Gasteiger partial charge on any atom is -0.606 e. The van der Waals surface area contributed by atoms with Crippen molar-refractivity contribution in [3.63, 3.8) is 0 Å². The fourth-order valence-electron chi connectivity index (χ4n) is 8.45. The minimum absolute atomic E-state index is 0.0638. The van der Waals surface area contributed by atoms with E-state index in [-0.39, 0.29) is 57.2 Å². The molecule has 0 aromatic rings. The van der Waals surface area contributed by atoms with Crippen molar-refractivity contribution >= 4 is 25.9 Å². The molecule has 3 atom stereocenters. The van der Waals surface area contributed by atoms with Gasteiger partial charge in [-0.2, -0.15) is 13.6 Å². The molecule has 6 N–H and O–H groups in total. The smallest absolute Gasteiger partial charge is 0.379 e. The van der Waals surface area contributed by atoms with Gasteiger partial charge in [-0.3, -0.25) is 14.4 Å². The number of nitrogens with one attached hydrogen (secondary N) is 3. The Balaban J connectivity index is 5.23. The molecule has 404 valence electrons. The van der Waals surface area contributed by atoms with Crippen molar-refractivity contribution in [3.8, 4) is 0 Å². The van der Waals surface area contributed by atoms with Crippen LogP contribution in [0.4, 0.5) is 0 Å². The summed E-state index contributed by atoms with van der Waals surface area (Å²) in [6.45, 7) is 9.96. The molecule has 0 spiro atoms. The van der Waals surface area contributed by atoms with Gasteiger partial charge in [0.2, 0.25) is 17.7 Å². The van der Waals surface area contributed by atoms with E-state index in [1.807, 2.05) is 42.3 Å². The van der Waals surface area contributed by atoms with Gasteiger partial charge in [0.15, 0.2) is 0 Å². The molecule has 0 aliphatic heterocycles. The van der Waals surface area contributed by atoms with Crippen molar-refractivity contribution in [1.82, 2.24) is 16.0 Å². The molecule has 0 saturated carbocycles. The highest BCUT2D eigenvalue weighted by Gasteiger charge is 2.38. The molecule has 17 heteroatoms. The van der Waals surface area contributed by atoms with Crippen molar-refractivity contribution in [1.29, 1.82) is 0 Å². The Morgan fingerprint density at radius 2 is 0.662 bits per heavy atom. The Bertz CT molecular complexity index is 1120. The standard InChI is InChI=1S/C51H105N6O10P/c1-10-13-16-19-22-25-31-49(61)52-34-28-37-55(4,5)40-46(58)43-65-68(64,66-44-47(59)41-56(6,7)38-29-35-53-50(62)32-26-23-20-17-14-11-2)67-45-48(60)42-57(8,9)39-30-36-54-51(63)33-27-24-21-18-15-12-3/h46-48,58-60H,10-45H2,1-9H3/p+3. The maximum Gasteiger partial charge on any atom is 0.379 e. The Kier molecular flexibility index (Phi) is 39.1. The van der Waals surface area contributed by atoms with Crippen LogP contribution in [-0.2, 0) is 28.0 Å². The number of amides is 3. The summed E-state index contributed by atoms with van der Waals surface area (Å²) in [5, 5.41) is 42.2. The molecule has 0 aliphatic carbocycles. The zero-order chi connectivity index (χ0) is 51.2. The third kappa shape index (κ3) is 41.1. The van der Waals surface area contributed by atoms with E-state index in [1.54, 1.807) is 0 Å². The molecule has 0 aromatic carbocycles. The predicted molar refractivity (Wildman–Crippen MR) is 275 cm³/mol. The first-order valence-corrected chi connectivity index (χ1v) is 28.5. The van der Waals surface area contributed by atoms with Gasteiger partial charge in [0.25, 0.3) is 0 Å². The Morgan fingerprint density at radius 3 is 0.912 bits per heavy atom. The van der Waals surface area contributed by atoms with E-state index in [9.17, 15) is 34.6 Å². The number of rotatable bonds is 48. The highest BCUT2D eigenvalue weighted by Crippen LogP contribution is 2.54. The molecule has 0 saturated heterocycles. The Morgan fingerprint density at radius 1 is 0.426 bits per heavy atom. The lowest BCUT2D eigenvalue weighted by atomic mass is 10.1. The molecule has 3 amide bonds. The molecule has 0 aromatic heterocycles. The van der Waals surface area contributed by atoms with Crippen LogP contribution < -0.4 is 20.8 Å². The number of phosphoric ester groups is 1. The third-order valence-corrected chi connectivity index (χ3v) is 13.8. The molecule has 0 aliphatic rings. The summed E-state index contributed by atoms with van der Waals surface area (Å²) in [4.78, 5) is 51.1. The Hall–Kier alpha value is -1.56. The molecule has 0 heterocycles. The molecule has 68 heavy (non-hydrogen) atoms. The molecule has 0 rings (SSSR count).